The maximum atomic E-state index is 13.1. The predicted octanol–water partition coefficient (Wildman–Crippen LogP) is -0.225. The van der Waals surface area contributed by atoms with E-state index >= 15 is 0 Å². The Bertz CT molecular complexity index is 1350. The lowest BCUT2D eigenvalue weighted by molar-refractivity contribution is -0.136. The zero-order chi connectivity index (χ0) is 23.8. The largest absolute Gasteiger partial charge is 0.324 e. The molecule has 0 bridgehead atoms. The first-order valence-corrected chi connectivity index (χ1v) is 10.2. The number of hydrogen-bond acceptors (Lipinski definition) is 9. The van der Waals surface area contributed by atoms with Crippen LogP contribution in [-0.2, 0) is 20.9 Å². The summed E-state index contributed by atoms with van der Waals surface area (Å²) in [6.45, 7) is -0.212. The Balaban J connectivity index is 1.34. The van der Waals surface area contributed by atoms with Crippen molar-refractivity contribution in [2.24, 2.45) is 0 Å². The molecule has 5 rings (SSSR count). The molecular weight excluding hydrogens is 444 g/mol. The van der Waals surface area contributed by atoms with E-state index in [9.17, 15) is 24.0 Å². The first-order valence-electron chi connectivity index (χ1n) is 10.2. The van der Waals surface area contributed by atoms with Crippen molar-refractivity contribution < 1.29 is 24.0 Å². The Morgan fingerprint density at radius 1 is 1.12 bits per heavy atom. The van der Waals surface area contributed by atoms with Gasteiger partial charge >= 0.3 is 0 Å². The molecule has 13 nitrogen and oxygen atoms in total. The van der Waals surface area contributed by atoms with Crippen molar-refractivity contribution in [3.05, 3.63) is 54.1 Å². The van der Waals surface area contributed by atoms with Crippen LogP contribution in [0, 0.1) is 0 Å². The lowest BCUT2D eigenvalue weighted by Crippen LogP contribution is -2.54. The van der Waals surface area contributed by atoms with Gasteiger partial charge in [0.25, 0.3) is 11.8 Å². The number of carbonyl (C=O) groups excluding carboxylic acids is 5. The van der Waals surface area contributed by atoms with Gasteiger partial charge in [0.1, 0.15) is 24.0 Å². The molecule has 13 heteroatoms. The van der Waals surface area contributed by atoms with Gasteiger partial charge in [0.15, 0.2) is 0 Å². The molecule has 1 aromatic carbocycles. The van der Waals surface area contributed by atoms with E-state index in [1.807, 2.05) is 0 Å². The van der Waals surface area contributed by atoms with Crippen molar-refractivity contribution in [2.45, 2.75) is 25.4 Å². The number of aromatic nitrogens is 5. The van der Waals surface area contributed by atoms with Gasteiger partial charge in [-0.1, -0.05) is 11.3 Å². The Labute approximate surface area is 191 Å². The first kappa shape index (κ1) is 21.1. The van der Waals surface area contributed by atoms with Crippen molar-refractivity contribution in [3.8, 4) is 11.4 Å². The third-order valence-electron chi connectivity index (χ3n) is 5.41. The highest BCUT2D eigenvalue weighted by atomic mass is 16.2. The van der Waals surface area contributed by atoms with Gasteiger partial charge in [-0.05, 0) is 18.6 Å². The minimum absolute atomic E-state index is 0.00982. The van der Waals surface area contributed by atoms with Crippen molar-refractivity contribution >= 4 is 35.2 Å². The fraction of sp³-hybridized carbons (Fsp3) is 0.190. The molecule has 0 spiro atoms. The van der Waals surface area contributed by atoms with Crippen molar-refractivity contribution in [1.82, 2.24) is 35.2 Å². The molecule has 2 aromatic heterocycles. The molecule has 1 saturated heterocycles. The zero-order valence-corrected chi connectivity index (χ0v) is 17.5. The van der Waals surface area contributed by atoms with E-state index in [0.29, 0.717) is 11.4 Å². The van der Waals surface area contributed by atoms with Gasteiger partial charge in [0, 0.05) is 18.8 Å². The summed E-state index contributed by atoms with van der Waals surface area (Å²) in [5, 5.41) is 12.6. The van der Waals surface area contributed by atoms with Crippen LogP contribution in [0.15, 0.2) is 43.0 Å². The van der Waals surface area contributed by atoms with Crippen LogP contribution in [0.1, 0.15) is 33.6 Å². The normalized spacial score (nSPS) is 17.5. The van der Waals surface area contributed by atoms with Gasteiger partial charge in [-0.25, -0.2) is 4.68 Å². The molecule has 1 atom stereocenters. The highest BCUT2D eigenvalue weighted by molar-refractivity contribution is 6.26. The van der Waals surface area contributed by atoms with Crippen LogP contribution in [0.2, 0.25) is 0 Å². The van der Waals surface area contributed by atoms with Crippen LogP contribution >= 0.6 is 0 Å². The van der Waals surface area contributed by atoms with E-state index < -0.39 is 35.6 Å². The maximum absolute atomic E-state index is 13.1. The first-order chi connectivity index (χ1) is 16.4. The molecule has 1 unspecified atom stereocenters. The van der Waals surface area contributed by atoms with Gasteiger partial charge in [-0.15, -0.1) is 5.10 Å². The molecule has 2 aliphatic heterocycles. The number of piperidine rings is 1. The topological polar surface area (TPSA) is 169 Å². The molecule has 0 radical (unpaired) electrons. The number of benzene rings is 1. The number of amides is 5. The third-order valence-corrected chi connectivity index (χ3v) is 5.41. The fourth-order valence-electron chi connectivity index (χ4n) is 3.88. The molecule has 170 valence electrons. The molecular formula is C21H16N8O5. The number of anilines is 1. The molecule has 2 N–H and O–H groups in total. The van der Waals surface area contributed by atoms with Gasteiger partial charge in [0.2, 0.25) is 17.7 Å². The van der Waals surface area contributed by atoms with Gasteiger partial charge < -0.3 is 5.32 Å². The van der Waals surface area contributed by atoms with E-state index in [0.717, 1.165) is 4.90 Å². The molecule has 2 aliphatic rings. The van der Waals surface area contributed by atoms with E-state index in [2.05, 4.69) is 30.9 Å². The molecule has 5 amide bonds. The van der Waals surface area contributed by atoms with E-state index in [-0.39, 0.29) is 36.2 Å². The summed E-state index contributed by atoms with van der Waals surface area (Å²) in [6, 6.07) is 3.36. The highest BCUT2D eigenvalue weighted by Gasteiger charge is 2.45. The van der Waals surface area contributed by atoms with E-state index in [1.54, 1.807) is 0 Å². The summed E-state index contributed by atoms with van der Waals surface area (Å²) in [5.74, 6) is -3.04. The second-order valence-corrected chi connectivity index (χ2v) is 7.62. The van der Waals surface area contributed by atoms with Crippen LogP contribution in [0.4, 0.5) is 5.69 Å². The van der Waals surface area contributed by atoms with E-state index in [1.165, 1.54) is 47.7 Å². The maximum Gasteiger partial charge on any atom is 0.264 e. The Kier molecular flexibility index (Phi) is 5.12. The fourth-order valence-corrected chi connectivity index (χ4v) is 3.88. The molecule has 1 fully saturated rings. The van der Waals surface area contributed by atoms with Crippen LogP contribution < -0.4 is 10.6 Å². The standard InChI is InChI=1S/C21H16N8O5/c30-16-5-4-15(19(32)25-16)29-20(33)11-2-1-3-12(18(11)21(29)34)24-17(31)10-28-9-14(26-27-28)13-8-22-6-7-23-13/h1-3,6-9,15H,4-5,10H2,(H,24,31)(H,25,30,32). The average molecular weight is 460 g/mol. The second kappa shape index (κ2) is 8.27. The highest BCUT2D eigenvalue weighted by Crippen LogP contribution is 2.32. The molecule has 34 heavy (non-hydrogen) atoms. The molecule has 0 saturated carbocycles. The number of hydrogen-bond donors (Lipinski definition) is 2. The lowest BCUT2D eigenvalue weighted by Gasteiger charge is -2.27. The zero-order valence-electron chi connectivity index (χ0n) is 17.5. The van der Waals surface area contributed by atoms with Crippen LogP contribution in [0.25, 0.3) is 11.4 Å². The number of carbonyl (C=O) groups is 5. The summed E-state index contributed by atoms with van der Waals surface area (Å²) >= 11 is 0. The summed E-state index contributed by atoms with van der Waals surface area (Å²) in [4.78, 5) is 71.2. The van der Waals surface area contributed by atoms with Crippen molar-refractivity contribution in [1.29, 1.82) is 0 Å². The van der Waals surface area contributed by atoms with Gasteiger partial charge in [-0.3, -0.25) is 44.2 Å². The number of nitrogens with one attached hydrogen (secondary N) is 2. The van der Waals surface area contributed by atoms with Gasteiger partial charge in [-0.2, -0.15) is 0 Å². The third kappa shape index (κ3) is 3.68. The Morgan fingerprint density at radius 2 is 1.97 bits per heavy atom. The number of imide groups is 2. The summed E-state index contributed by atoms with van der Waals surface area (Å²) in [6.07, 6.45) is 6.12. The van der Waals surface area contributed by atoms with Crippen LogP contribution in [0.5, 0.6) is 0 Å². The molecule has 0 aliphatic carbocycles. The Hall–Kier alpha value is -4.81. The van der Waals surface area contributed by atoms with Gasteiger partial charge in [0.05, 0.1) is 29.2 Å². The van der Waals surface area contributed by atoms with Crippen molar-refractivity contribution in [2.75, 3.05) is 5.32 Å². The number of rotatable bonds is 5. The summed E-state index contributed by atoms with van der Waals surface area (Å²) < 4.78 is 1.30. The quantitative estimate of drug-likeness (QED) is 0.489. The summed E-state index contributed by atoms with van der Waals surface area (Å²) in [5.41, 5.74) is 1.11. The lowest BCUT2D eigenvalue weighted by atomic mass is 10.0. The van der Waals surface area contributed by atoms with E-state index in [4.69, 9.17) is 0 Å². The average Bonchev–Trinajstić information content (AvgIpc) is 3.38. The molecule has 3 aromatic rings. The monoisotopic (exact) mass is 460 g/mol. The number of nitrogens with zero attached hydrogens (tertiary/aromatic N) is 6. The SMILES string of the molecule is O=C1CCC(N2C(=O)c3cccc(NC(=O)Cn4cc(-c5cnccn5)nn4)c3C2=O)C(=O)N1. The Morgan fingerprint density at radius 3 is 2.74 bits per heavy atom. The predicted molar refractivity (Wildman–Crippen MR) is 113 cm³/mol. The van der Waals surface area contributed by atoms with Crippen LogP contribution in [0.3, 0.4) is 0 Å². The minimum atomic E-state index is -1.09. The summed E-state index contributed by atoms with van der Waals surface area (Å²) in [7, 11) is 0. The van der Waals surface area contributed by atoms with Crippen LogP contribution in [-0.4, -0.2) is 65.4 Å². The minimum Gasteiger partial charge on any atom is -0.324 e. The second-order valence-electron chi connectivity index (χ2n) is 7.62. The molecule has 4 heterocycles. The van der Waals surface area contributed by atoms with Crippen molar-refractivity contribution in [3.63, 3.8) is 0 Å². The smallest absolute Gasteiger partial charge is 0.264 e. The number of fused-ring (bicyclic) bond motifs is 1.